The van der Waals surface area contributed by atoms with E-state index in [1.807, 2.05) is 121 Å². The first-order valence-corrected chi connectivity index (χ1v) is 13.3. The summed E-state index contributed by atoms with van der Waals surface area (Å²) in [7, 11) is -4.07. The van der Waals surface area contributed by atoms with Gasteiger partial charge < -0.3 is 0 Å². The molecule has 37 heavy (non-hydrogen) atoms. The van der Waals surface area contributed by atoms with Crippen molar-refractivity contribution in [3.8, 4) is 39.5 Å². The first kappa shape index (κ1) is 22.7. The Morgan fingerprint density at radius 1 is 0.622 bits per heavy atom. The first-order valence-electron chi connectivity index (χ1n) is 11.8. The van der Waals surface area contributed by atoms with E-state index < -0.39 is 9.84 Å². The lowest BCUT2D eigenvalue weighted by molar-refractivity contribution is 0.592. The van der Waals surface area contributed by atoms with E-state index in [0.717, 1.165) is 16.8 Å². The molecule has 7 heteroatoms. The van der Waals surface area contributed by atoms with Gasteiger partial charge in [-0.25, -0.2) is 13.1 Å². The van der Waals surface area contributed by atoms with Crippen molar-refractivity contribution in [3.63, 3.8) is 0 Å². The monoisotopic (exact) mass is 502 g/mol. The fourth-order valence-electron chi connectivity index (χ4n) is 4.36. The minimum atomic E-state index is -4.07. The molecule has 1 N–H and O–H groups in total. The van der Waals surface area contributed by atoms with Crippen molar-refractivity contribution in [3.05, 3.63) is 127 Å². The SMILES string of the molecule is O=S(=O)(c1cc(-c2ccccc2)n[nH]1)c1c(-c2ccccc2)nn(-c2ccccc2)c1-c1ccccc1. The summed E-state index contributed by atoms with van der Waals surface area (Å²) in [5, 5.41) is 12.0. The van der Waals surface area contributed by atoms with Crippen LogP contribution in [0.4, 0.5) is 0 Å². The molecule has 0 saturated heterocycles. The van der Waals surface area contributed by atoms with Crippen LogP contribution in [0.3, 0.4) is 0 Å². The zero-order valence-electron chi connectivity index (χ0n) is 19.7. The Balaban J connectivity index is 1.65. The van der Waals surface area contributed by atoms with Crippen LogP contribution in [0, 0.1) is 0 Å². The molecule has 6 rings (SSSR count). The van der Waals surface area contributed by atoms with Crippen molar-refractivity contribution in [1.82, 2.24) is 20.0 Å². The maximum Gasteiger partial charge on any atom is 0.227 e. The van der Waals surface area contributed by atoms with Gasteiger partial charge in [0, 0.05) is 22.8 Å². The summed E-state index contributed by atoms with van der Waals surface area (Å²) >= 11 is 0. The first-order chi connectivity index (χ1) is 18.1. The highest BCUT2D eigenvalue weighted by molar-refractivity contribution is 7.91. The van der Waals surface area contributed by atoms with Gasteiger partial charge in [-0.05, 0) is 12.1 Å². The molecule has 2 heterocycles. The van der Waals surface area contributed by atoms with Gasteiger partial charge in [-0.15, -0.1) is 0 Å². The Kier molecular flexibility index (Phi) is 5.75. The van der Waals surface area contributed by atoms with Gasteiger partial charge in [0.1, 0.15) is 10.6 Å². The van der Waals surface area contributed by atoms with Crippen LogP contribution in [0.2, 0.25) is 0 Å². The van der Waals surface area contributed by atoms with Gasteiger partial charge in [0.25, 0.3) is 0 Å². The molecule has 4 aromatic carbocycles. The van der Waals surface area contributed by atoms with Gasteiger partial charge in [0.2, 0.25) is 9.84 Å². The number of aromatic amines is 1. The molecule has 0 spiro atoms. The number of para-hydroxylation sites is 1. The zero-order valence-corrected chi connectivity index (χ0v) is 20.5. The molecule has 2 aromatic heterocycles. The molecular weight excluding hydrogens is 480 g/mol. The standard InChI is InChI=1S/C30H22N4O2S/c35-37(36,27-21-26(31-32-27)22-13-5-1-6-14-22)30-28(23-15-7-2-8-16-23)33-34(25-19-11-4-12-20-25)29(30)24-17-9-3-10-18-24/h1-21H,(H,31,32). The molecule has 6 nitrogen and oxygen atoms in total. The normalized spacial score (nSPS) is 11.5. The number of nitrogens with zero attached hydrogens (tertiary/aromatic N) is 3. The number of hydrogen-bond donors (Lipinski definition) is 1. The largest absolute Gasteiger partial charge is 0.266 e. The van der Waals surface area contributed by atoms with Crippen molar-refractivity contribution >= 4 is 9.84 Å². The summed E-state index contributed by atoms with van der Waals surface area (Å²) in [5.41, 5.74) is 4.44. The molecule has 0 fully saturated rings. The van der Waals surface area contributed by atoms with Crippen molar-refractivity contribution < 1.29 is 8.42 Å². The summed E-state index contributed by atoms with van der Waals surface area (Å²) in [6.07, 6.45) is 0. The molecular formula is C30H22N4O2S. The third kappa shape index (κ3) is 4.15. The maximum absolute atomic E-state index is 14.4. The Hall–Kier alpha value is -4.75. The fraction of sp³-hybridized carbons (Fsp3) is 0. The second-order valence-electron chi connectivity index (χ2n) is 8.49. The molecule has 0 aliphatic carbocycles. The summed E-state index contributed by atoms with van der Waals surface area (Å²) in [5.74, 6) is 0. The molecule has 0 radical (unpaired) electrons. The van der Waals surface area contributed by atoms with Crippen molar-refractivity contribution in [1.29, 1.82) is 0 Å². The van der Waals surface area contributed by atoms with Crippen LogP contribution >= 0.6 is 0 Å². The number of H-pyrrole nitrogens is 1. The Morgan fingerprint density at radius 2 is 1.14 bits per heavy atom. The number of sulfone groups is 1. The zero-order chi connectivity index (χ0) is 25.2. The number of aromatic nitrogens is 4. The number of hydrogen-bond acceptors (Lipinski definition) is 4. The average molecular weight is 503 g/mol. The van der Waals surface area contributed by atoms with Gasteiger partial charge in [-0.2, -0.15) is 10.2 Å². The molecule has 0 saturated carbocycles. The maximum atomic E-state index is 14.4. The van der Waals surface area contributed by atoms with E-state index in [0.29, 0.717) is 22.6 Å². The van der Waals surface area contributed by atoms with E-state index in [9.17, 15) is 8.42 Å². The predicted molar refractivity (Wildman–Crippen MR) is 144 cm³/mol. The molecule has 0 aliphatic rings. The topological polar surface area (TPSA) is 80.6 Å². The van der Waals surface area contributed by atoms with Crippen LogP contribution in [-0.4, -0.2) is 28.4 Å². The van der Waals surface area contributed by atoms with E-state index in [4.69, 9.17) is 5.10 Å². The Bertz CT molecular complexity index is 1760. The minimum absolute atomic E-state index is 0.00771. The Labute approximate surface area is 214 Å². The molecule has 0 unspecified atom stereocenters. The quantitative estimate of drug-likeness (QED) is 0.285. The lowest BCUT2D eigenvalue weighted by Gasteiger charge is -2.10. The van der Waals surface area contributed by atoms with Gasteiger partial charge in [-0.3, -0.25) is 5.10 Å². The fourth-order valence-corrected chi connectivity index (χ4v) is 5.88. The van der Waals surface area contributed by atoms with Gasteiger partial charge in [0.05, 0.1) is 17.1 Å². The molecule has 0 atom stereocenters. The van der Waals surface area contributed by atoms with E-state index in [1.54, 1.807) is 10.7 Å². The smallest absolute Gasteiger partial charge is 0.227 e. The van der Waals surface area contributed by atoms with E-state index in [1.165, 1.54) is 0 Å². The summed E-state index contributed by atoms with van der Waals surface area (Å²) < 4.78 is 30.5. The van der Waals surface area contributed by atoms with Crippen LogP contribution in [0.5, 0.6) is 0 Å². The summed E-state index contributed by atoms with van der Waals surface area (Å²) in [6, 6.07) is 39.5. The third-order valence-corrected chi connectivity index (χ3v) is 7.83. The van der Waals surface area contributed by atoms with Crippen LogP contribution in [-0.2, 0) is 9.84 Å². The third-order valence-electron chi connectivity index (χ3n) is 6.12. The molecule has 180 valence electrons. The number of rotatable bonds is 6. The molecule has 0 bridgehead atoms. The number of nitrogens with one attached hydrogen (secondary N) is 1. The van der Waals surface area contributed by atoms with Crippen LogP contribution < -0.4 is 0 Å². The lowest BCUT2D eigenvalue weighted by Crippen LogP contribution is -2.06. The lowest BCUT2D eigenvalue weighted by atomic mass is 10.1. The van der Waals surface area contributed by atoms with Crippen molar-refractivity contribution in [2.75, 3.05) is 0 Å². The molecule has 0 amide bonds. The van der Waals surface area contributed by atoms with Crippen molar-refractivity contribution in [2.24, 2.45) is 0 Å². The van der Waals surface area contributed by atoms with Gasteiger partial charge in [0.15, 0.2) is 5.03 Å². The summed E-state index contributed by atoms with van der Waals surface area (Å²) in [6.45, 7) is 0. The van der Waals surface area contributed by atoms with Crippen LogP contribution in [0.15, 0.2) is 137 Å². The van der Waals surface area contributed by atoms with Crippen LogP contribution in [0.1, 0.15) is 0 Å². The van der Waals surface area contributed by atoms with E-state index in [-0.39, 0.29) is 9.92 Å². The van der Waals surface area contributed by atoms with Crippen LogP contribution in [0.25, 0.3) is 39.5 Å². The molecule has 6 aromatic rings. The minimum Gasteiger partial charge on any atom is -0.266 e. The highest BCUT2D eigenvalue weighted by Gasteiger charge is 2.33. The second-order valence-corrected chi connectivity index (χ2v) is 10.3. The van der Waals surface area contributed by atoms with E-state index >= 15 is 0 Å². The van der Waals surface area contributed by atoms with Gasteiger partial charge in [-0.1, -0.05) is 109 Å². The number of benzene rings is 4. The summed E-state index contributed by atoms with van der Waals surface area (Å²) in [4.78, 5) is 0.122. The Morgan fingerprint density at radius 3 is 1.73 bits per heavy atom. The predicted octanol–water partition coefficient (Wildman–Crippen LogP) is 6.43. The van der Waals surface area contributed by atoms with Gasteiger partial charge >= 0.3 is 0 Å². The van der Waals surface area contributed by atoms with Crippen molar-refractivity contribution in [2.45, 2.75) is 9.92 Å². The highest BCUT2D eigenvalue weighted by atomic mass is 32.2. The highest BCUT2D eigenvalue weighted by Crippen LogP contribution is 2.40. The second kappa shape index (κ2) is 9.37. The van der Waals surface area contributed by atoms with E-state index in [2.05, 4.69) is 10.2 Å². The molecule has 0 aliphatic heterocycles. The average Bonchev–Trinajstić information content (AvgIpc) is 3.62.